The average molecular weight is 221 g/mol. The van der Waals surface area contributed by atoms with Gasteiger partial charge in [-0.05, 0) is 31.4 Å². The van der Waals surface area contributed by atoms with Gasteiger partial charge >= 0.3 is 0 Å². The number of aryl methyl sites for hydroxylation is 1. The summed E-state index contributed by atoms with van der Waals surface area (Å²) in [6.45, 7) is 9.14. The Kier molecular flexibility index (Phi) is 5.26. The summed E-state index contributed by atoms with van der Waals surface area (Å²) in [6, 6.07) is 4.18. The second-order valence-corrected chi connectivity index (χ2v) is 4.11. The first-order valence-corrected chi connectivity index (χ1v) is 6.14. The Morgan fingerprint density at radius 1 is 1.19 bits per heavy atom. The molecule has 0 aliphatic carbocycles. The monoisotopic (exact) mass is 221 g/mol. The van der Waals surface area contributed by atoms with Crippen LogP contribution < -0.4 is 10.6 Å². The molecule has 0 atom stereocenters. The lowest BCUT2D eigenvalue weighted by Crippen LogP contribution is -2.26. The summed E-state index contributed by atoms with van der Waals surface area (Å²) in [7, 11) is 0. The Morgan fingerprint density at radius 2 is 1.81 bits per heavy atom. The van der Waals surface area contributed by atoms with E-state index in [2.05, 4.69) is 35.9 Å². The van der Waals surface area contributed by atoms with Crippen molar-refractivity contribution in [1.29, 1.82) is 0 Å². The molecule has 0 bridgehead atoms. The van der Waals surface area contributed by atoms with E-state index in [0.29, 0.717) is 6.54 Å². The van der Waals surface area contributed by atoms with Crippen molar-refractivity contribution in [3.8, 4) is 0 Å². The zero-order valence-corrected chi connectivity index (χ0v) is 10.7. The maximum Gasteiger partial charge on any atom is 0.128 e. The fraction of sp³-hybridized carbons (Fsp3) is 0.615. The highest BCUT2D eigenvalue weighted by Gasteiger charge is 2.07. The van der Waals surface area contributed by atoms with E-state index >= 15 is 0 Å². The van der Waals surface area contributed by atoms with Crippen LogP contribution in [0.5, 0.6) is 0 Å². The number of hydrogen-bond acceptors (Lipinski definition) is 3. The molecule has 0 unspecified atom stereocenters. The molecule has 16 heavy (non-hydrogen) atoms. The third-order valence-corrected chi connectivity index (χ3v) is 2.71. The summed E-state index contributed by atoms with van der Waals surface area (Å²) in [5.74, 6) is 1.08. The lowest BCUT2D eigenvalue weighted by Gasteiger charge is -2.23. The molecule has 3 heteroatoms. The van der Waals surface area contributed by atoms with Crippen molar-refractivity contribution >= 4 is 5.82 Å². The highest BCUT2D eigenvalue weighted by molar-refractivity contribution is 5.41. The Hall–Kier alpha value is -1.09. The van der Waals surface area contributed by atoms with Gasteiger partial charge in [-0.15, -0.1) is 0 Å². The van der Waals surface area contributed by atoms with E-state index in [4.69, 9.17) is 5.73 Å². The number of aromatic nitrogens is 1. The molecule has 1 rings (SSSR count). The van der Waals surface area contributed by atoms with Crippen molar-refractivity contribution in [3.63, 3.8) is 0 Å². The summed E-state index contributed by atoms with van der Waals surface area (Å²) in [5, 5.41) is 0. The third-order valence-electron chi connectivity index (χ3n) is 2.71. The maximum absolute atomic E-state index is 5.64. The van der Waals surface area contributed by atoms with Crippen molar-refractivity contribution in [2.45, 2.75) is 40.2 Å². The zero-order valence-electron chi connectivity index (χ0n) is 10.7. The van der Waals surface area contributed by atoms with E-state index in [-0.39, 0.29) is 0 Å². The highest BCUT2D eigenvalue weighted by atomic mass is 15.2. The van der Waals surface area contributed by atoms with Crippen molar-refractivity contribution < 1.29 is 0 Å². The lowest BCUT2D eigenvalue weighted by molar-refractivity contribution is 0.731. The third kappa shape index (κ3) is 3.20. The van der Waals surface area contributed by atoms with E-state index in [9.17, 15) is 0 Å². The molecule has 1 aromatic rings. The van der Waals surface area contributed by atoms with Crippen LogP contribution in [0.3, 0.4) is 0 Å². The molecule has 0 aromatic carbocycles. The minimum atomic E-state index is 0.570. The second kappa shape index (κ2) is 6.48. The van der Waals surface area contributed by atoms with Crippen LogP contribution in [0.4, 0.5) is 5.82 Å². The van der Waals surface area contributed by atoms with Gasteiger partial charge in [0.1, 0.15) is 5.82 Å². The first kappa shape index (κ1) is 13.0. The molecular formula is C13H23N3. The minimum absolute atomic E-state index is 0.570. The quantitative estimate of drug-likeness (QED) is 0.802. The Labute approximate surface area is 98.7 Å². The molecule has 0 aliphatic heterocycles. The summed E-state index contributed by atoms with van der Waals surface area (Å²) in [5.41, 5.74) is 7.83. The van der Waals surface area contributed by atoms with Gasteiger partial charge in [0.15, 0.2) is 0 Å². The van der Waals surface area contributed by atoms with Crippen molar-refractivity contribution in [3.05, 3.63) is 23.4 Å². The standard InChI is InChI=1S/C13H23N3/c1-4-8-16(9-5-2)13-7-6-12(10-14)11(3)15-13/h6-7H,4-5,8-10,14H2,1-3H3. The minimum Gasteiger partial charge on any atom is -0.357 e. The van der Waals surface area contributed by atoms with E-state index in [1.807, 2.05) is 6.92 Å². The first-order chi connectivity index (χ1) is 7.72. The van der Waals surface area contributed by atoms with Crippen LogP contribution in [0.1, 0.15) is 37.9 Å². The molecule has 1 heterocycles. The molecule has 0 aliphatic rings. The Bertz CT molecular complexity index is 317. The fourth-order valence-corrected chi connectivity index (χ4v) is 1.85. The smallest absolute Gasteiger partial charge is 0.128 e. The molecule has 3 nitrogen and oxygen atoms in total. The molecule has 0 radical (unpaired) electrons. The number of rotatable bonds is 6. The number of pyridine rings is 1. The van der Waals surface area contributed by atoms with E-state index in [1.54, 1.807) is 0 Å². The van der Waals surface area contributed by atoms with Gasteiger partial charge in [0.25, 0.3) is 0 Å². The summed E-state index contributed by atoms with van der Waals surface area (Å²) < 4.78 is 0. The number of nitrogens with zero attached hydrogens (tertiary/aromatic N) is 2. The zero-order chi connectivity index (χ0) is 12.0. The van der Waals surface area contributed by atoms with Gasteiger partial charge in [0, 0.05) is 25.3 Å². The van der Waals surface area contributed by atoms with E-state index in [0.717, 1.165) is 43.0 Å². The van der Waals surface area contributed by atoms with Gasteiger partial charge in [-0.2, -0.15) is 0 Å². The van der Waals surface area contributed by atoms with Crippen molar-refractivity contribution in [2.75, 3.05) is 18.0 Å². The number of nitrogens with two attached hydrogens (primary N) is 1. The topological polar surface area (TPSA) is 42.1 Å². The molecule has 0 spiro atoms. The van der Waals surface area contributed by atoms with Gasteiger partial charge in [-0.3, -0.25) is 0 Å². The van der Waals surface area contributed by atoms with Crippen LogP contribution in [0.15, 0.2) is 12.1 Å². The van der Waals surface area contributed by atoms with Crippen LogP contribution in [0, 0.1) is 6.92 Å². The molecule has 90 valence electrons. The largest absolute Gasteiger partial charge is 0.357 e. The summed E-state index contributed by atoms with van der Waals surface area (Å²) in [4.78, 5) is 6.97. The number of hydrogen-bond donors (Lipinski definition) is 1. The molecule has 2 N–H and O–H groups in total. The maximum atomic E-state index is 5.64. The van der Waals surface area contributed by atoms with Gasteiger partial charge in [-0.1, -0.05) is 19.9 Å². The summed E-state index contributed by atoms with van der Waals surface area (Å²) >= 11 is 0. The van der Waals surface area contributed by atoms with Gasteiger partial charge in [0.2, 0.25) is 0 Å². The Balaban J connectivity index is 2.87. The van der Waals surface area contributed by atoms with Gasteiger partial charge < -0.3 is 10.6 Å². The first-order valence-electron chi connectivity index (χ1n) is 6.14. The van der Waals surface area contributed by atoms with Crippen molar-refractivity contribution in [2.24, 2.45) is 5.73 Å². The molecule has 0 saturated heterocycles. The molecule has 1 aromatic heterocycles. The highest BCUT2D eigenvalue weighted by Crippen LogP contribution is 2.15. The number of anilines is 1. The van der Waals surface area contributed by atoms with Gasteiger partial charge in [0.05, 0.1) is 0 Å². The van der Waals surface area contributed by atoms with Crippen LogP contribution in [-0.4, -0.2) is 18.1 Å². The van der Waals surface area contributed by atoms with Crippen LogP contribution in [0.25, 0.3) is 0 Å². The predicted molar refractivity (Wildman–Crippen MR) is 69.7 cm³/mol. The fourth-order valence-electron chi connectivity index (χ4n) is 1.85. The molecule has 0 fully saturated rings. The predicted octanol–water partition coefficient (Wildman–Crippen LogP) is 2.48. The van der Waals surface area contributed by atoms with E-state index in [1.165, 1.54) is 0 Å². The van der Waals surface area contributed by atoms with Crippen molar-refractivity contribution in [1.82, 2.24) is 4.98 Å². The van der Waals surface area contributed by atoms with Crippen LogP contribution >= 0.6 is 0 Å². The Morgan fingerprint density at radius 3 is 2.25 bits per heavy atom. The summed E-state index contributed by atoms with van der Waals surface area (Å²) in [6.07, 6.45) is 2.30. The molecule has 0 saturated carbocycles. The van der Waals surface area contributed by atoms with Crippen LogP contribution in [0.2, 0.25) is 0 Å². The molecular weight excluding hydrogens is 198 g/mol. The van der Waals surface area contributed by atoms with E-state index < -0.39 is 0 Å². The lowest BCUT2D eigenvalue weighted by atomic mass is 10.2. The average Bonchev–Trinajstić information content (AvgIpc) is 2.28. The van der Waals surface area contributed by atoms with Crippen LogP contribution in [-0.2, 0) is 6.54 Å². The SMILES string of the molecule is CCCN(CCC)c1ccc(CN)c(C)n1. The second-order valence-electron chi connectivity index (χ2n) is 4.11. The normalized spacial score (nSPS) is 10.5. The van der Waals surface area contributed by atoms with Gasteiger partial charge in [-0.25, -0.2) is 4.98 Å². The molecule has 0 amide bonds.